The number of carbonyl (C=O) groups is 1. The minimum absolute atomic E-state index is 0.0788. The van der Waals surface area contributed by atoms with Crippen molar-refractivity contribution in [3.05, 3.63) is 12.7 Å². The fourth-order valence-electron chi connectivity index (χ4n) is 1.85. The molecule has 0 fully saturated rings. The Bertz CT molecular complexity index is 262. The minimum atomic E-state index is -4.43. The summed E-state index contributed by atoms with van der Waals surface area (Å²) in [5.41, 5.74) is 0. The van der Waals surface area contributed by atoms with E-state index < -0.39 is 18.8 Å². The molecule has 0 aromatic carbocycles. The van der Waals surface area contributed by atoms with Gasteiger partial charge in [0.2, 0.25) is 0 Å². The van der Waals surface area contributed by atoms with Crippen LogP contribution in [0, 0.1) is 0 Å². The van der Waals surface area contributed by atoms with Crippen LogP contribution in [0.15, 0.2) is 12.7 Å². The van der Waals surface area contributed by atoms with Crippen molar-refractivity contribution in [1.82, 2.24) is 0 Å². The smallest absolute Gasteiger partial charge is 0.422 e. The van der Waals surface area contributed by atoms with E-state index in [9.17, 15) is 18.0 Å². The molecule has 0 unspecified atom stereocenters. The number of esters is 1. The maximum atomic E-state index is 11.8. The fraction of sp³-hybridized carbons (Fsp3) is 0.800. The Morgan fingerprint density at radius 1 is 0.950 bits per heavy atom. The topological polar surface area (TPSA) is 26.3 Å². The average molecular weight is 294 g/mol. The molecule has 0 spiro atoms. The minimum Gasteiger partial charge on any atom is -0.456 e. The maximum Gasteiger partial charge on any atom is 0.422 e. The number of halogens is 3. The molecule has 0 atom stereocenters. The Hall–Kier alpha value is -1.00. The number of ether oxygens (including phenoxy) is 1. The van der Waals surface area contributed by atoms with Gasteiger partial charge in [-0.1, -0.05) is 44.6 Å². The van der Waals surface area contributed by atoms with Crippen LogP contribution in [0.3, 0.4) is 0 Å². The molecular formula is C15H25F3O2. The van der Waals surface area contributed by atoms with Crippen molar-refractivity contribution in [2.75, 3.05) is 6.61 Å². The van der Waals surface area contributed by atoms with Gasteiger partial charge in [-0.15, -0.1) is 6.58 Å². The molecule has 0 bridgehead atoms. The third kappa shape index (κ3) is 15.1. The molecule has 0 amide bonds. The summed E-state index contributed by atoms with van der Waals surface area (Å²) >= 11 is 0. The quantitative estimate of drug-likeness (QED) is 0.282. The van der Waals surface area contributed by atoms with Crippen LogP contribution in [0.25, 0.3) is 0 Å². The third-order valence-corrected chi connectivity index (χ3v) is 2.94. The van der Waals surface area contributed by atoms with Crippen LogP contribution in [0.1, 0.15) is 64.2 Å². The molecule has 20 heavy (non-hydrogen) atoms. The highest BCUT2D eigenvalue weighted by Crippen LogP contribution is 2.15. The first-order valence-corrected chi connectivity index (χ1v) is 7.29. The van der Waals surface area contributed by atoms with Crippen LogP contribution in [-0.4, -0.2) is 18.8 Å². The molecule has 0 aliphatic carbocycles. The van der Waals surface area contributed by atoms with Gasteiger partial charge in [-0.3, -0.25) is 4.79 Å². The van der Waals surface area contributed by atoms with Gasteiger partial charge >= 0.3 is 12.1 Å². The number of allylic oxidation sites excluding steroid dienone is 1. The summed E-state index contributed by atoms with van der Waals surface area (Å²) in [4.78, 5) is 11.0. The Morgan fingerprint density at radius 2 is 1.45 bits per heavy atom. The van der Waals surface area contributed by atoms with Crippen molar-refractivity contribution in [1.29, 1.82) is 0 Å². The predicted octanol–water partition coefficient (Wildman–Crippen LogP) is 5.18. The van der Waals surface area contributed by atoms with Gasteiger partial charge in [0.1, 0.15) is 0 Å². The van der Waals surface area contributed by atoms with Crippen molar-refractivity contribution >= 4 is 5.97 Å². The van der Waals surface area contributed by atoms with Crippen molar-refractivity contribution in [3.63, 3.8) is 0 Å². The molecular weight excluding hydrogens is 269 g/mol. The lowest BCUT2D eigenvalue weighted by atomic mass is 10.1. The molecule has 0 rings (SSSR count). The van der Waals surface area contributed by atoms with Crippen LogP contribution in [-0.2, 0) is 9.53 Å². The molecule has 0 N–H and O–H groups in total. The summed E-state index contributed by atoms with van der Waals surface area (Å²) in [6.45, 7) is 2.19. The fourth-order valence-corrected chi connectivity index (χ4v) is 1.85. The Balaban J connectivity index is 3.23. The number of rotatable bonds is 12. The van der Waals surface area contributed by atoms with Gasteiger partial charge in [0, 0.05) is 6.42 Å². The zero-order valence-corrected chi connectivity index (χ0v) is 12.0. The number of hydrogen-bond acceptors (Lipinski definition) is 2. The standard InChI is InChI=1S/C15H25F3O2/c1-2-3-4-5-6-7-8-9-10-11-12-14(19)20-13-15(16,17)18/h2H,1,3-13H2. The lowest BCUT2D eigenvalue weighted by Crippen LogP contribution is -2.20. The molecule has 0 aliphatic rings. The molecule has 0 aromatic heterocycles. The summed E-state index contributed by atoms with van der Waals surface area (Å²) in [5, 5.41) is 0. The average Bonchev–Trinajstić information content (AvgIpc) is 2.38. The van der Waals surface area contributed by atoms with Crippen molar-refractivity contribution in [2.45, 2.75) is 70.4 Å². The number of carbonyl (C=O) groups excluding carboxylic acids is 1. The van der Waals surface area contributed by atoms with Gasteiger partial charge in [0.05, 0.1) is 0 Å². The lowest BCUT2D eigenvalue weighted by Gasteiger charge is -2.07. The molecule has 2 nitrogen and oxygen atoms in total. The summed E-state index contributed by atoms with van der Waals surface area (Å²) in [5.74, 6) is -0.758. The van der Waals surface area contributed by atoms with Gasteiger partial charge in [0.15, 0.2) is 6.61 Å². The molecule has 0 aliphatic heterocycles. The van der Waals surface area contributed by atoms with E-state index in [0.29, 0.717) is 6.42 Å². The normalized spacial score (nSPS) is 11.3. The molecule has 0 aromatic rings. The first-order chi connectivity index (χ1) is 9.45. The Morgan fingerprint density at radius 3 is 1.95 bits per heavy atom. The number of unbranched alkanes of at least 4 members (excludes halogenated alkanes) is 8. The van der Waals surface area contributed by atoms with Crippen molar-refractivity contribution in [3.8, 4) is 0 Å². The highest BCUT2D eigenvalue weighted by Gasteiger charge is 2.29. The number of hydrogen-bond donors (Lipinski definition) is 0. The molecule has 0 saturated heterocycles. The highest BCUT2D eigenvalue weighted by molar-refractivity contribution is 5.69. The van der Waals surface area contributed by atoms with Crippen LogP contribution in [0.2, 0.25) is 0 Å². The van der Waals surface area contributed by atoms with Crippen molar-refractivity contribution < 1.29 is 22.7 Å². The van der Waals surface area contributed by atoms with E-state index in [1.54, 1.807) is 0 Å². The molecule has 0 heterocycles. The van der Waals surface area contributed by atoms with E-state index in [4.69, 9.17) is 0 Å². The zero-order chi connectivity index (χ0) is 15.3. The van der Waals surface area contributed by atoms with Crippen LogP contribution in [0.5, 0.6) is 0 Å². The van der Waals surface area contributed by atoms with E-state index in [2.05, 4.69) is 11.3 Å². The third-order valence-electron chi connectivity index (χ3n) is 2.94. The van der Waals surface area contributed by atoms with Gasteiger partial charge in [-0.2, -0.15) is 13.2 Å². The largest absolute Gasteiger partial charge is 0.456 e. The van der Waals surface area contributed by atoms with E-state index in [1.807, 2.05) is 6.08 Å². The van der Waals surface area contributed by atoms with Crippen LogP contribution < -0.4 is 0 Å². The molecule has 0 radical (unpaired) electrons. The summed E-state index contributed by atoms with van der Waals surface area (Å²) in [6.07, 6.45) is 7.05. The van der Waals surface area contributed by atoms with Crippen LogP contribution >= 0.6 is 0 Å². The van der Waals surface area contributed by atoms with Crippen molar-refractivity contribution in [2.24, 2.45) is 0 Å². The molecule has 118 valence electrons. The van der Waals surface area contributed by atoms with E-state index in [1.165, 1.54) is 25.7 Å². The summed E-state index contributed by atoms with van der Waals surface area (Å²) in [6, 6.07) is 0. The lowest BCUT2D eigenvalue weighted by molar-refractivity contribution is -0.186. The Labute approximate surface area is 119 Å². The van der Waals surface area contributed by atoms with Crippen LogP contribution in [0.4, 0.5) is 13.2 Å². The first kappa shape index (κ1) is 19.0. The number of alkyl halides is 3. The SMILES string of the molecule is C=CCCCCCCCCCCC(=O)OCC(F)(F)F. The first-order valence-electron chi connectivity index (χ1n) is 7.29. The second-order valence-electron chi connectivity index (χ2n) is 4.93. The molecule has 5 heteroatoms. The van der Waals surface area contributed by atoms with Gasteiger partial charge < -0.3 is 4.74 Å². The Kier molecular flexibility index (Phi) is 11.2. The predicted molar refractivity (Wildman–Crippen MR) is 73.4 cm³/mol. The van der Waals surface area contributed by atoms with E-state index >= 15 is 0 Å². The molecule has 0 saturated carbocycles. The van der Waals surface area contributed by atoms with Gasteiger partial charge in [-0.25, -0.2) is 0 Å². The van der Waals surface area contributed by atoms with Gasteiger partial charge in [0.25, 0.3) is 0 Å². The summed E-state index contributed by atoms with van der Waals surface area (Å²) < 4.78 is 39.4. The maximum absolute atomic E-state index is 11.8. The van der Waals surface area contributed by atoms with E-state index in [0.717, 1.165) is 25.7 Å². The summed E-state index contributed by atoms with van der Waals surface area (Å²) in [7, 11) is 0. The zero-order valence-electron chi connectivity index (χ0n) is 12.0. The monoisotopic (exact) mass is 294 g/mol. The highest BCUT2D eigenvalue weighted by atomic mass is 19.4. The second-order valence-corrected chi connectivity index (χ2v) is 4.93. The second kappa shape index (κ2) is 11.8. The van der Waals surface area contributed by atoms with E-state index in [-0.39, 0.29) is 6.42 Å². The van der Waals surface area contributed by atoms with Gasteiger partial charge in [-0.05, 0) is 19.3 Å².